The fourth-order valence-electron chi connectivity index (χ4n) is 1.33. The van der Waals surface area contributed by atoms with Gasteiger partial charge in [-0.1, -0.05) is 12.7 Å². The molecule has 0 unspecified atom stereocenters. The van der Waals surface area contributed by atoms with Gasteiger partial charge in [0.2, 0.25) is 0 Å². The lowest BCUT2D eigenvalue weighted by Crippen LogP contribution is -2.51. The van der Waals surface area contributed by atoms with Gasteiger partial charge in [-0.3, -0.25) is 4.90 Å². The van der Waals surface area contributed by atoms with E-state index in [-0.39, 0.29) is 12.1 Å². The van der Waals surface area contributed by atoms with Crippen LogP contribution in [-0.4, -0.2) is 35.8 Å². The minimum atomic E-state index is -0.498. The van der Waals surface area contributed by atoms with Gasteiger partial charge in [0.1, 0.15) is 24.0 Å². The topological polar surface area (TPSA) is 38.8 Å². The van der Waals surface area contributed by atoms with Crippen LogP contribution in [0.15, 0.2) is 25.0 Å². The van der Waals surface area contributed by atoms with Crippen molar-refractivity contribution < 1.29 is 14.3 Å². The first kappa shape index (κ1) is 12.6. The van der Waals surface area contributed by atoms with E-state index in [4.69, 9.17) is 9.47 Å². The van der Waals surface area contributed by atoms with E-state index in [1.165, 1.54) is 0 Å². The first-order valence-electron chi connectivity index (χ1n) is 5.27. The molecule has 1 rings (SSSR count). The van der Waals surface area contributed by atoms with Crippen LogP contribution in [0.1, 0.15) is 20.8 Å². The summed E-state index contributed by atoms with van der Waals surface area (Å²) in [5, 5.41) is 0. The summed E-state index contributed by atoms with van der Waals surface area (Å²) in [6.45, 7) is 13.8. The van der Waals surface area contributed by atoms with E-state index in [9.17, 15) is 4.79 Å². The third-order valence-electron chi connectivity index (χ3n) is 2.13. The van der Waals surface area contributed by atoms with Gasteiger partial charge in [0.15, 0.2) is 0 Å². The smallest absolute Gasteiger partial charge is 0.411 e. The Balaban J connectivity index is 2.66. The first-order valence-corrected chi connectivity index (χ1v) is 5.27. The lowest BCUT2D eigenvalue weighted by Gasteiger charge is -2.39. The highest BCUT2D eigenvalue weighted by Crippen LogP contribution is 2.23. The fourth-order valence-corrected chi connectivity index (χ4v) is 1.33. The molecule has 0 N–H and O–H groups in total. The average molecular weight is 225 g/mol. The number of hydrogen-bond donors (Lipinski definition) is 0. The van der Waals surface area contributed by atoms with Gasteiger partial charge in [0.05, 0.1) is 0 Å². The minimum absolute atomic E-state index is 0.0900. The third-order valence-corrected chi connectivity index (χ3v) is 2.13. The zero-order valence-corrected chi connectivity index (χ0v) is 10.2. The number of nitrogens with zero attached hydrogens (tertiary/aromatic N) is 1. The van der Waals surface area contributed by atoms with Crippen molar-refractivity contribution in [1.82, 2.24) is 4.90 Å². The molecule has 0 aliphatic carbocycles. The summed E-state index contributed by atoms with van der Waals surface area (Å²) in [4.78, 5) is 13.5. The second kappa shape index (κ2) is 4.60. The Morgan fingerprint density at radius 2 is 2.31 bits per heavy atom. The highest BCUT2D eigenvalue weighted by atomic mass is 16.6. The molecule has 0 aromatic carbocycles. The Bertz CT molecular complexity index is 304. The SMILES string of the molecule is C=CCN(C(=O)OC(C)(C)C)[C@@H]1COC1=C. The van der Waals surface area contributed by atoms with Crippen molar-refractivity contribution in [3.63, 3.8) is 0 Å². The molecule has 1 saturated heterocycles. The average Bonchev–Trinajstić information content (AvgIpc) is 2.12. The maximum atomic E-state index is 11.9. The molecule has 0 bridgehead atoms. The maximum Gasteiger partial charge on any atom is 0.411 e. The Kier molecular flexibility index (Phi) is 3.62. The van der Waals surface area contributed by atoms with Crippen molar-refractivity contribution in [2.24, 2.45) is 0 Å². The van der Waals surface area contributed by atoms with Crippen LogP contribution in [0.5, 0.6) is 0 Å². The molecule has 1 aliphatic rings. The molecular formula is C12H19NO3. The number of ether oxygens (including phenoxy) is 2. The highest BCUT2D eigenvalue weighted by Gasteiger charge is 2.35. The summed E-state index contributed by atoms with van der Waals surface area (Å²) < 4.78 is 10.4. The molecule has 0 radical (unpaired) electrons. The van der Waals surface area contributed by atoms with Crippen LogP contribution in [-0.2, 0) is 9.47 Å². The van der Waals surface area contributed by atoms with Crippen LogP contribution < -0.4 is 0 Å². The minimum Gasteiger partial charge on any atom is -0.494 e. The Labute approximate surface area is 96.5 Å². The standard InChI is InChI=1S/C12H19NO3/c1-6-7-13(10-8-15-9(10)2)11(14)16-12(3,4)5/h6,10H,1-2,7-8H2,3-5H3/t10-/m1/s1. The van der Waals surface area contributed by atoms with E-state index in [0.29, 0.717) is 18.9 Å². The van der Waals surface area contributed by atoms with Gasteiger partial charge in [-0.25, -0.2) is 4.79 Å². The molecule has 1 heterocycles. The largest absolute Gasteiger partial charge is 0.494 e. The normalized spacial score (nSPS) is 19.4. The number of carbonyl (C=O) groups is 1. The number of carbonyl (C=O) groups excluding carboxylic acids is 1. The van der Waals surface area contributed by atoms with E-state index < -0.39 is 5.60 Å². The van der Waals surface area contributed by atoms with Crippen molar-refractivity contribution in [1.29, 1.82) is 0 Å². The first-order chi connectivity index (χ1) is 7.35. The summed E-state index contributed by atoms with van der Waals surface area (Å²) in [6, 6.07) is -0.0900. The highest BCUT2D eigenvalue weighted by molar-refractivity contribution is 5.69. The molecule has 1 aliphatic heterocycles. The zero-order valence-electron chi connectivity index (χ0n) is 10.2. The molecular weight excluding hydrogens is 206 g/mol. The van der Waals surface area contributed by atoms with Crippen LogP contribution in [0.25, 0.3) is 0 Å². The molecule has 0 aromatic rings. The zero-order chi connectivity index (χ0) is 12.3. The molecule has 4 nitrogen and oxygen atoms in total. The molecule has 0 spiro atoms. The van der Waals surface area contributed by atoms with Gasteiger partial charge in [-0.05, 0) is 20.8 Å². The summed E-state index contributed by atoms with van der Waals surface area (Å²) in [7, 11) is 0. The van der Waals surface area contributed by atoms with E-state index in [1.807, 2.05) is 20.8 Å². The number of hydrogen-bond acceptors (Lipinski definition) is 3. The van der Waals surface area contributed by atoms with Crippen molar-refractivity contribution in [2.75, 3.05) is 13.2 Å². The Morgan fingerprint density at radius 1 is 1.69 bits per heavy atom. The van der Waals surface area contributed by atoms with Gasteiger partial charge in [-0.15, -0.1) is 6.58 Å². The second-order valence-electron chi connectivity index (χ2n) is 4.71. The molecule has 16 heavy (non-hydrogen) atoms. The van der Waals surface area contributed by atoms with Crippen LogP contribution >= 0.6 is 0 Å². The Hall–Kier alpha value is -1.45. The molecule has 0 aromatic heterocycles. The number of amides is 1. The molecule has 1 fully saturated rings. The molecule has 0 saturated carbocycles. The van der Waals surface area contributed by atoms with E-state index >= 15 is 0 Å². The maximum absolute atomic E-state index is 11.9. The predicted molar refractivity (Wildman–Crippen MR) is 62.0 cm³/mol. The van der Waals surface area contributed by atoms with E-state index in [0.717, 1.165) is 0 Å². The summed E-state index contributed by atoms with van der Waals surface area (Å²) in [5.74, 6) is 0.604. The second-order valence-corrected chi connectivity index (χ2v) is 4.71. The molecule has 1 atom stereocenters. The third kappa shape index (κ3) is 3.02. The fraction of sp³-hybridized carbons (Fsp3) is 0.583. The van der Waals surface area contributed by atoms with Gasteiger partial charge < -0.3 is 9.47 Å². The molecule has 90 valence electrons. The number of rotatable bonds is 3. The van der Waals surface area contributed by atoms with Crippen LogP contribution in [0.3, 0.4) is 0 Å². The van der Waals surface area contributed by atoms with Gasteiger partial charge in [0.25, 0.3) is 0 Å². The Morgan fingerprint density at radius 3 is 2.62 bits per heavy atom. The van der Waals surface area contributed by atoms with E-state index in [2.05, 4.69) is 13.2 Å². The van der Waals surface area contributed by atoms with Crippen LogP contribution in [0, 0.1) is 0 Å². The molecule has 4 heteroatoms. The van der Waals surface area contributed by atoms with E-state index in [1.54, 1.807) is 11.0 Å². The lowest BCUT2D eigenvalue weighted by molar-refractivity contribution is -0.0219. The lowest BCUT2D eigenvalue weighted by atomic mass is 10.1. The summed E-state index contributed by atoms with van der Waals surface area (Å²) in [5.41, 5.74) is -0.498. The quantitative estimate of drug-likeness (QED) is 0.692. The monoisotopic (exact) mass is 225 g/mol. The van der Waals surface area contributed by atoms with Gasteiger partial charge in [0, 0.05) is 6.54 Å². The van der Waals surface area contributed by atoms with Crippen LogP contribution in [0.4, 0.5) is 4.79 Å². The van der Waals surface area contributed by atoms with Crippen LogP contribution in [0.2, 0.25) is 0 Å². The van der Waals surface area contributed by atoms with Crippen molar-refractivity contribution in [3.05, 3.63) is 25.0 Å². The van der Waals surface area contributed by atoms with Crippen molar-refractivity contribution in [3.8, 4) is 0 Å². The van der Waals surface area contributed by atoms with Gasteiger partial charge in [-0.2, -0.15) is 0 Å². The molecule has 1 amide bonds. The summed E-state index contributed by atoms with van der Waals surface area (Å²) >= 11 is 0. The van der Waals surface area contributed by atoms with Gasteiger partial charge >= 0.3 is 6.09 Å². The predicted octanol–water partition coefficient (Wildman–Crippen LogP) is 2.32. The summed E-state index contributed by atoms with van der Waals surface area (Å²) in [6.07, 6.45) is 1.30. The van der Waals surface area contributed by atoms with Crippen molar-refractivity contribution >= 4 is 6.09 Å². The van der Waals surface area contributed by atoms with Crippen molar-refractivity contribution in [2.45, 2.75) is 32.4 Å².